The molecule has 1 aliphatic rings. The van der Waals surface area contributed by atoms with E-state index in [1.807, 2.05) is 18.2 Å². The van der Waals surface area contributed by atoms with Crippen LogP contribution in [0.2, 0.25) is 0 Å². The summed E-state index contributed by atoms with van der Waals surface area (Å²) in [5, 5.41) is 4.66. The molecule has 1 fully saturated rings. The van der Waals surface area contributed by atoms with Crippen molar-refractivity contribution in [1.29, 1.82) is 0 Å². The van der Waals surface area contributed by atoms with Gasteiger partial charge in [-0.25, -0.2) is 4.79 Å². The molecule has 0 bridgehead atoms. The highest BCUT2D eigenvalue weighted by Crippen LogP contribution is 2.38. The number of methoxy groups -OCH3 is 2. The molecule has 0 aromatic heterocycles. The maximum atomic E-state index is 12.0. The van der Waals surface area contributed by atoms with Crippen molar-refractivity contribution in [2.45, 2.75) is 18.9 Å². The van der Waals surface area contributed by atoms with Crippen molar-refractivity contribution >= 4 is 11.9 Å². The molecule has 0 radical (unpaired) electrons. The molecule has 0 unspecified atom stereocenters. The molecule has 23 heavy (non-hydrogen) atoms. The van der Waals surface area contributed by atoms with E-state index in [0.717, 1.165) is 36.4 Å². The van der Waals surface area contributed by atoms with Crippen LogP contribution in [0, 0.1) is 0 Å². The Morgan fingerprint density at radius 3 is 2.74 bits per heavy atom. The highest BCUT2D eigenvalue weighted by Gasteiger charge is 2.30. The van der Waals surface area contributed by atoms with Crippen molar-refractivity contribution in [3.8, 4) is 11.5 Å². The van der Waals surface area contributed by atoms with Gasteiger partial charge in [-0.3, -0.25) is 15.0 Å². The molecule has 7 nitrogen and oxygen atoms in total. The maximum absolute atomic E-state index is 12.0. The number of hydrogen-bond acceptors (Lipinski definition) is 5. The van der Waals surface area contributed by atoms with Gasteiger partial charge < -0.3 is 14.8 Å². The van der Waals surface area contributed by atoms with Gasteiger partial charge in [0.1, 0.15) is 11.5 Å². The maximum Gasteiger partial charge on any atom is 0.321 e. The van der Waals surface area contributed by atoms with Crippen LogP contribution < -0.4 is 20.1 Å². The SMILES string of the molecule is CNC(=O)NC(=O)CN1CCC[C@@H]1c1cc(OC)ccc1OC. The van der Waals surface area contributed by atoms with Crippen LogP contribution in [0.1, 0.15) is 24.4 Å². The minimum absolute atomic E-state index is 0.0653. The molecule has 126 valence electrons. The predicted molar refractivity (Wildman–Crippen MR) is 85.7 cm³/mol. The molecule has 1 atom stereocenters. The lowest BCUT2D eigenvalue weighted by Gasteiger charge is -2.25. The molecular formula is C16H23N3O4. The Bertz CT molecular complexity index is 576. The minimum Gasteiger partial charge on any atom is -0.497 e. The first-order chi connectivity index (χ1) is 11.1. The van der Waals surface area contributed by atoms with Gasteiger partial charge in [-0.05, 0) is 37.6 Å². The molecule has 0 spiro atoms. The lowest BCUT2D eigenvalue weighted by Crippen LogP contribution is -2.43. The molecule has 1 heterocycles. The summed E-state index contributed by atoms with van der Waals surface area (Å²) in [4.78, 5) is 25.2. The fourth-order valence-corrected chi connectivity index (χ4v) is 2.88. The molecular weight excluding hydrogens is 298 g/mol. The van der Waals surface area contributed by atoms with Gasteiger partial charge >= 0.3 is 6.03 Å². The first-order valence-electron chi connectivity index (χ1n) is 7.56. The smallest absolute Gasteiger partial charge is 0.321 e. The van der Waals surface area contributed by atoms with Gasteiger partial charge in [0.15, 0.2) is 0 Å². The highest BCUT2D eigenvalue weighted by atomic mass is 16.5. The summed E-state index contributed by atoms with van der Waals surface area (Å²) < 4.78 is 10.7. The summed E-state index contributed by atoms with van der Waals surface area (Å²) in [6, 6.07) is 5.23. The number of urea groups is 1. The highest BCUT2D eigenvalue weighted by molar-refractivity contribution is 5.95. The minimum atomic E-state index is -0.496. The molecule has 1 saturated heterocycles. The van der Waals surface area contributed by atoms with Gasteiger partial charge in [0.05, 0.1) is 20.8 Å². The number of benzene rings is 1. The van der Waals surface area contributed by atoms with Crippen molar-refractivity contribution in [3.05, 3.63) is 23.8 Å². The Labute approximate surface area is 135 Å². The van der Waals surface area contributed by atoms with Crippen LogP contribution in [0.25, 0.3) is 0 Å². The first kappa shape index (κ1) is 17.1. The van der Waals surface area contributed by atoms with Gasteiger partial charge in [0.25, 0.3) is 0 Å². The first-order valence-corrected chi connectivity index (χ1v) is 7.56. The fraction of sp³-hybridized carbons (Fsp3) is 0.500. The van der Waals surface area contributed by atoms with Crippen LogP contribution in [0.3, 0.4) is 0 Å². The molecule has 0 aliphatic carbocycles. The zero-order valence-electron chi connectivity index (χ0n) is 13.7. The quantitative estimate of drug-likeness (QED) is 0.854. The zero-order valence-corrected chi connectivity index (χ0v) is 13.7. The average molecular weight is 321 g/mol. The van der Waals surface area contributed by atoms with E-state index >= 15 is 0 Å². The molecule has 7 heteroatoms. The van der Waals surface area contributed by atoms with E-state index in [1.165, 1.54) is 7.05 Å². The van der Waals surface area contributed by atoms with Crippen molar-refractivity contribution in [3.63, 3.8) is 0 Å². The lowest BCUT2D eigenvalue weighted by molar-refractivity contribution is -0.121. The number of carbonyl (C=O) groups is 2. The van der Waals surface area contributed by atoms with E-state index in [4.69, 9.17) is 9.47 Å². The summed E-state index contributed by atoms with van der Waals surface area (Å²) in [5.74, 6) is 1.20. The summed E-state index contributed by atoms with van der Waals surface area (Å²) in [6.07, 6.45) is 1.91. The number of imide groups is 1. The van der Waals surface area contributed by atoms with Crippen molar-refractivity contribution < 1.29 is 19.1 Å². The van der Waals surface area contributed by atoms with Gasteiger partial charge in [-0.2, -0.15) is 0 Å². The lowest BCUT2D eigenvalue weighted by atomic mass is 10.0. The third-order valence-electron chi connectivity index (χ3n) is 3.99. The number of likely N-dealkylation sites (tertiary alicyclic amines) is 1. The van der Waals surface area contributed by atoms with Crippen molar-refractivity contribution in [2.75, 3.05) is 34.4 Å². The van der Waals surface area contributed by atoms with Crippen LogP contribution in [0.4, 0.5) is 4.79 Å². The van der Waals surface area contributed by atoms with Crippen molar-refractivity contribution in [2.24, 2.45) is 0 Å². The molecule has 2 N–H and O–H groups in total. The standard InChI is InChI=1S/C16H23N3O4/c1-17-16(21)18-15(20)10-19-8-4-5-13(19)12-9-11(22-2)6-7-14(12)23-3/h6-7,9,13H,4-5,8,10H2,1-3H3,(H2,17,18,20,21)/t13-/m1/s1. The van der Waals surface area contributed by atoms with E-state index < -0.39 is 6.03 Å². The van der Waals surface area contributed by atoms with Gasteiger partial charge in [-0.15, -0.1) is 0 Å². The molecule has 1 aromatic rings. The summed E-state index contributed by atoms with van der Waals surface area (Å²) >= 11 is 0. The molecule has 3 amide bonds. The molecule has 0 saturated carbocycles. The second kappa shape index (κ2) is 7.82. The van der Waals surface area contributed by atoms with E-state index in [9.17, 15) is 9.59 Å². The normalized spacial score (nSPS) is 17.6. The van der Waals surface area contributed by atoms with Crippen LogP contribution >= 0.6 is 0 Å². The largest absolute Gasteiger partial charge is 0.497 e. The Kier molecular flexibility index (Phi) is 5.81. The van der Waals surface area contributed by atoms with E-state index in [2.05, 4.69) is 15.5 Å². The third kappa shape index (κ3) is 4.13. The van der Waals surface area contributed by atoms with E-state index in [-0.39, 0.29) is 18.5 Å². The summed E-state index contributed by atoms with van der Waals surface area (Å²) in [6.45, 7) is 0.963. The van der Waals surface area contributed by atoms with Crippen LogP contribution in [0.15, 0.2) is 18.2 Å². The fourth-order valence-electron chi connectivity index (χ4n) is 2.88. The van der Waals surface area contributed by atoms with E-state index in [1.54, 1.807) is 14.2 Å². The number of rotatable bonds is 5. The van der Waals surface area contributed by atoms with Crippen LogP contribution in [0.5, 0.6) is 11.5 Å². The second-order valence-electron chi connectivity index (χ2n) is 5.36. The number of ether oxygens (including phenoxy) is 2. The number of nitrogens with zero attached hydrogens (tertiary/aromatic N) is 1. The Hall–Kier alpha value is -2.28. The second-order valence-corrected chi connectivity index (χ2v) is 5.36. The number of carbonyl (C=O) groups excluding carboxylic acids is 2. The topological polar surface area (TPSA) is 79.9 Å². The number of amides is 3. The van der Waals surface area contributed by atoms with Gasteiger partial charge in [-0.1, -0.05) is 0 Å². The summed E-state index contributed by atoms with van der Waals surface area (Å²) in [5.41, 5.74) is 0.997. The monoisotopic (exact) mass is 321 g/mol. The Balaban J connectivity index is 2.15. The number of nitrogens with one attached hydrogen (secondary N) is 2. The van der Waals surface area contributed by atoms with Gasteiger partial charge in [0.2, 0.25) is 5.91 Å². The zero-order chi connectivity index (χ0) is 16.8. The predicted octanol–water partition coefficient (Wildman–Crippen LogP) is 1.30. The van der Waals surface area contributed by atoms with Gasteiger partial charge in [0, 0.05) is 18.7 Å². The Morgan fingerprint density at radius 1 is 1.30 bits per heavy atom. The Morgan fingerprint density at radius 2 is 2.09 bits per heavy atom. The molecule has 1 aromatic carbocycles. The van der Waals surface area contributed by atoms with Crippen LogP contribution in [-0.2, 0) is 4.79 Å². The third-order valence-corrected chi connectivity index (χ3v) is 3.99. The van der Waals surface area contributed by atoms with Crippen LogP contribution in [-0.4, -0.2) is 51.2 Å². The molecule has 1 aliphatic heterocycles. The van der Waals surface area contributed by atoms with E-state index in [0.29, 0.717) is 0 Å². The average Bonchev–Trinajstić information content (AvgIpc) is 3.01. The number of hydrogen-bond donors (Lipinski definition) is 2. The van der Waals surface area contributed by atoms with Crippen molar-refractivity contribution in [1.82, 2.24) is 15.5 Å². The molecule has 2 rings (SSSR count). The summed E-state index contributed by atoms with van der Waals surface area (Å²) in [7, 11) is 4.72.